The van der Waals surface area contributed by atoms with Crippen molar-refractivity contribution in [3.05, 3.63) is 34.3 Å². The molecule has 0 saturated heterocycles. The lowest BCUT2D eigenvalue weighted by atomic mass is 9.97. The Bertz CT molecular complexity index is 417. The van der Waals surface area contributed by atoms with Crippen molar-refractivity contribution in [1.29, 1.82) is 0 Å². The summed E-state index contributed by atoms with van der Waals surface area (Å²) in [5, 5.41) is 3.34. The van der Waals surface area contributed by atoms with Crippen LogP contribution in [-0.2, 0) is 6.42 Å². The number of benzene rings is 1. The maximum absolute atomic E-state index is 3.45. The fourth-order valence-electron chi connectivity index (χ4n) is 1.62. The molecule has 0 aromatic heterocycles. The summed E-state index contributed by atoms with van der Waals surface area (Å²) in [6.45, 7) is 6.43. The van der Waals surface area contributed by atoms with Crippen LogP contribution in [0.1, 0.15) is 32.8 Å². The quantitative estimate of drug-likeness (QED) is 0.829. The first-order chi connectivity index (χ1) is 8.40. The lowest BCUT2D eigenvalue weighted by molar-refractivity contribution is 0.558. The minimum absolute atomic E-state index is 0.0932. The first-order valence-corrected chi connectivity index (χ1v) is 7.12. The zero-order valence-corrected chi connectivity index (χ0v) is 13.3. The average Bonchev–Trinajstić information content (AvgIpc) is 2.29. The molecule has 0 fully saturated rings. The largest absolute Gasteiger partial charge is 0.316 e. The topological polar surface area (TPSA) is 12.0 Å². The van der Waals surface area contributed by atoms with Gasteiger partial charge in [-0.2, -0.15) is 0 Å². The number of halogens is 1. The van der Waals surface area contributed by atoms with E-state index in [1.54, 1.807) is 0 Å². The van der Waals surface area contributed by atoms with Crippen molar-refractivity contribution in [3.63, 3.8) is 0 Å². The third-order valence-electron chi connectivity index (χ3n) is 2.62. The van der Waals surface area contributed by atoms with Crippen LogP contribution >= 0.6 is 15.9 Å². The summed E-state index contributed by atoms with van der Waals surface area (Å²) in [5.41, 5.74) is 1.44. The molecule has 1 rings (SSSR count). The number of hydrogen-bond donors (Lipinski definition) is 1. The second kappa shape index (κ2) is 6.97. The van der Waals surface area contributed by atoms with Gasteiger partial charge < -0.3 is 5.32 Å². The summed E-state index contributed by atoms with van der Waals surface area (Å²) in [4.78, 5) is 0. The molecule has 0 bridgehead atoms. The molecule has 0 aliphatic heterocycles. The highest BCUT2D eigenvalue weighted by Gasteiger charge is 2.07. The Morgan fingerprint density at radius 3 is 2.33 bits per heavy atom. The lowest BCUT2D eigenvalue weighted by Crippen LogP contribution is -2.27. The lowest BCUT2D eigenvalue weighted by Gasteiger charge is -2.14. The standard InChI is InChI=1S/C16H22BrN/c1-16(2,3)11-5-6-15(18-4)12-13-7-9-14(17)10-8-13/h7-10,15,18H,6,12H2,1-4H3. The summed E-state index contributed by atoms with van der Waals surface area (Å²) in [5.74, 6) is 6.57. The van der Waals surface area contributed by atoms with Crippen LogP contribution in [0.5, 0.6) is 0 Å². The molecule has 0 aliphatic carbocycles. The first kappa shape index (κ1) is 15.3. The second-order valence-corrected chi connectivity index (χ2v) is 6.49. The van der Waals surface area contributed by atoms with Crippen molar-refractivity contribution in [2.75, 3.05) is 7.05 Å². The summed E-state index contributed by atoms with van der Waals surface area (Å²) >= 11 is 3.45. The van der Waals surface area contributed by atoms with E-state index in [1.807, 2.05) is 7.05 Å². The van der Waals surface area contributed by atoms with Gasteiger partial charge in [-0.3, -0.25) is 0 Å². The van der Waals surface area contributed by atoms with E-state index in [2.05, 4.69) is 78.1 Å². The van der Waals surface area contributed by atoms with Crippen molar-refractivity contribution in [1.82, 2.24) is 5.32 Å². The highest BCUT2D eigenvalue weighted by atomic mass is 79.9. The molecular formula is C16H22BrN. The van der Waals surface area contributed by atoms with E-state index in [0.29, 0.717) is 6.04 Å². The fraction of sp³-hybridized carbons (Fsp3) is 0.500. The molecule has 1 atom stereocenters. The predicted octanol–water partition coefficient (Wildman–Crippen LogP) is 4.02. The SMILES string of the molecule is CNC(CC#CC(C)(C)C)Cc1ccc(Br)cc1. The van der Waals surface area contributed by atoms with Gasteiger partial charge in [-0.25, -0.2) is 0 Å². The first-order valence-electron chi connectivity index (χ1n) is 6.32. The highest BCUT2D eigenvalue weighted by Crippen LogP contribution is 2.13. The van der Waals surface area contributed by atoms with Crippen LogP contribution in [0, 0.1) is 17.3 Å². The van der Waals surface area contributed by atoms with Crippen LogP contribution in [0.2, 0.25) is 0 Å². The number of nitrogens with one attached hydrogen (secondary N) is 1. The fourth-order valence-corrected chi connectivity index (χ4v) is 1.89. The van der Waals surface area contributed by atoms with Crippen LogP contribution < -0.4 is 5.32 Å². The zero-order chi connectivity index (χ0) is 13.6. The van der Waals surface area contributed by atoms with Gasteiger partial charge in [0.25, 0.3) is 0 Å². The Morgan fingerprint density at radius 2 is 1.83 bits per heavy atom. The van der Waals surface area contributed by atoms with E-state index in [4.69, 9.17) is 0 Å². The van der Waals surface area contributed by atoms with Crippen LogP contribution in [0.4, 0.5) is 0 Å². The van der Waals surface area contributed by atoms with E-state index in [0.717, 1.165) is 17.3 Å². The molecule has 1 unspecified atom stereocenters. The number of hydrogen-bond acceptors (Lipinski definition) is 1. The van der Waals surface area contributed by atoms with Gasteiger partial charge in [0.15, 0.2) is 0 Å². The molecule has 18 heavy (non-hydrogen) atoms. The van der Waals surface area contributed by atoms with Crippen molar-refractivity contribution in [2.45, 2.75) is 39.7 Å². The zero-order valence-electron chi connectivity index (χ0n) is 11.7. The summed E-state index contributed by atoms with van der Waals surface area (Å²) in [6, 6.07) is 8.91. The monoisotopic (exact) mass is 307 g/mol. The van der Waals surface area contributed by atoms with E-state index < -0.39 is 0 Å². The molecule has 1 nitrogen and oxygen atoms in total. The third kappa shape index (κ3) is 6.23. The Morgan fingerprint density at radius 1 is 1.22 bits per heavy atom. The minimum Gasteiger partial charge on any atom is -0.316 e. The highest BCUT2D eigenvalue weighted by molar-refractivity contribution is 9.10. The van der Waals surface area contributed by atoms with Gasteiger partial charge in [0.2, 0.25) is 0 Å². The van der Waals surface area contributed by atoms with Crippen molar-refractivity contribution in [3.8, 4) is 11.8 Å². The molecule has 1 aromatic carbocycles. The average molecular weight is 308 g/mol. The summed E-state index contributed by atoms with van der Waals surface area (Å²) in [7, 11) is 2.00. The van der Waals surface area contributed by atoms with Gasteiger partial charge in [0.1, 0.15) is 0 Å². The van der Waals surface area contributed by atoms with E-state index in [9.17, 15) is 0 Å². The maximum atomic E-state index is 3.45. The Hall–Kier alpha value is -0.780. The molecule has 0 amide bonds. The molecule has 2 heteroatoms. The maximum Gasteiger partial charge on any atom is 0.0246 e. The molecule has 0 aliphatic rings. The van der Waals surface area contributed by atoms with E-state index in [-0.39, 0.29) is 5.41 Å². The van der Waals surface area contributed by atoms with Gasteiger partial charge in [-0.05, 0) is 51.9 Å². The summed E-state index contributed by atoms with van der Waals surface area (Å²) < 4.78 is 1.12. The van der Waals surface area contributed by atoms with Crippen LogP contribution in [0.25, 0.3) is 0 Å². The van der Waals surface area contributed by atoms with Gasteiger partial charge in [-0.15, -0.1) is 5.92 Å². The molecule has 0 spiro atoms. The van der Waals surface area contributed by atoms with Gasteiger partial charge in [-0.1, -0.05) is 34.0 Å². The molecular weight excluding hydrogens is 286 g/mol. The molecule has 0 saturated carbocycles. The van der Waals surface area contributed by atoms with Gasteiger partial charge in [0.05, 0.1) is 0 Å². The van der Waals surface area contributed by atoms with Crippen molar-refractivity contribution < 1.29 is 0 Å². The predicted molar refractivity (Wildman–Crippen MR) is 82.5 cm³/mol. The molecule has 0 radical (unpaired) electrons. The van der Waals surface area contributed by atoms with E-state index >= 15 is 0 Å². The Kier molecular flexibility index (Phi) is 5.91. The van der Waals surface area contributed by atoms with Crippen molar-refractivity contribution >= 4 is 15.9 Å². The van der Waals surface area contributed by atoms with E-state index in [1.165, 1.54) is 5.56 Å². The number of likely N-dealkylation sites (N-methyl/N-ethyl adjacent to an activating group) is 1. The van der Waals surface area contributed by atoms with Crippen molar-refractivity contribution in [2.24, 2.45) is 5.41 Å². The Labute approximate surface area is 119 Å². The Balaban J connectivity index is 2.56. The molecule has 98 valence electrons. The number of rotatable bonds is 4. The molecule has 0 heterocycles. The molecule has 1 aromatic rings. The van der Waals surface area contributed by atoms with Crippen LogP contribution in [-0.4, -0.2) is 13.1 Å². The normalized spacial score (nSPS) is 12.7. The second-order valence-electron chi connectivity index (χ2n) is 5.57. The van der Waals surface area contributed by atoms with Crippen LogP contribution in [0.3, 0.4) is 0 Å². The van der Waals surface area contributed by atoms with Gasteiger partial charge >= 0.3 is 0 Å². The van der Waals surface area contributed by atoms with Crippen LogP contribution in [0.15, 0.2) is 28.7 Å². The molecule has 1 N–H and O–H groups in total. The smallest absolute Gasteiger partial charge is 0.0246 e. The minimum atomic E-state index is 0.0932. The van der Waals surface area contributed by atoms with Gasteiger partial charge in [0, 0.05) is 22.4 Å². The summed E-state index contributed by atoms with van der Waals surface area (Å²) in [6.07, 6.45) is 1.91. The third-order valence-corrected chi connectivity index (χ3v) is 3.14.